The largest absolute Gasteiger partial charge is 0.497 e. The predicted octanol–water partition coefficient (Wildman–Crippen LogP) is 2.70. The van der Waals surface area contributed by atoms with Crippen molar-refractivity contribution in [3.63, 3.8) is 0 Å². The van der Waals surface area contributed by atoms with E-state index in [-0.39, 0.29) is 5.82 Å². The number of aromatic nitrogens is 3. The molecule has 33 heavy (non-hydrogen) atoms. The zero-order chi connectivity index (χ0) is 23.3. The third-order valence-corrected chi connectivity index (χ3v) is 4.51. The van der Waals surface area contributed by atoms with Gasteiger partial charge < -0.3 is 30.6 Å². The number of nitrogens with one attached hydrogen (secondary N) is 2. The van der Waals surface area contributed by atoms with Crippen LogP contribution in [0.5, 0.6) is 5.75 Å². The zero-order valence-corrected chi connectivity index (χ0v) is 18.6. The highest BCUT2D eigenvalue weighted by Crippen LogP contribution is 2.19. The third kappa shape index (κ3) is 8.26. The third-order valence-electron chi connectivity index (χ3n) is 4.51. The van der Waals surface area contributed by atoms with Crippen LogP contribution in [0.1, 0.15) is 5.56 Å². The lowest BCUT2D eigenvalue weighted by Gasteiger charge is -2.11. The Bertz CT molecular complexity index is 973. The molecule has 1 aromatic heterocycles. The van der Waals surface area contributed by atoms with Crippen LogP contribution in [0.25, 0.3) is 11.4 Å². The molecule has 0 amide bonds. The van der Waals surface area contributed by atoms with Crippen molar-refractivity contribution in [1.82, 2.24) is 15.0 Å². The van der Waals surface area contributed by atoms with Crippen molar-refractivity contribution in [3.05, 3.63) is 59.9 Å². The van der Waals surface area contributed by atoms with Crippen LogP contribution in [-0.4, -0.2) is 61.6 Å². The van der Waals surface area contributed by atoms with Crippen LogP contribution >= 0.6 is 0 Å². The molecule has 3 aromatic rings. The van der Waals surface area contributed by atoms with E-state index >= 15 is 0 Å². The molecule has 0 aliphatic rings. The van der Waals surface area contributed by atoms with E-state index in [0.29, 0.717) is 69.3 Å². The molecule has 4 N–H and O–H groups in total. The number of halogens is 1. The van der Waals surface area contributed by atoms with Gasteiger partial charge in [0.25, 0.3) is 0 Å². The fraction of sp³-hybridized carbons (Fsp3) is 0.348. The van der Waals surface area contributed by atoms with Crippen LogP contribution in [0.2, 0.25) is 0 Å². The zero-order valence-electron chi connectivity index (χ0n) is 18.6. The summed E-state index contributed by atoms with van der Waals surface area (Å²) in [4.78, 5) is 13.4. The fourth-order valence-corrected chi connectivity index (χ4v) is 2.83. The second-order valence-corrected chi connectivity index (χ2v) is 6.95. The number of anilines is 2. The van der Waals surface area contributed by atoms with Crippen LogP contribution in [0.15, 0.2) is 48.5 Å². The van der Waals surface area contributed by atoms with Gasteiger partial charge in [-0.25, -0.2) is 4.39 Å². The lowest BCUT2D eigenvalue weighted by molar-refractivity contribution is 0.0547. The van der Waals surface area contributed by atoms with Gasteiger partial charge in [0.1, 0.15) is 11.6 Å². The number of hydrogen-bond acceptors (Lipinski definition) is 9. The number of rotatable bonds is 14. The molecule has 0 aliphatic carbocycles. The quantitative estimate of drug-likeness (QED) is 0.315. The molecular weight excluding hydrogens is 427 g/mol. The van der Waals surface area contributed by atoms with E-state index in [9.17, 15) is 4.39 Å². The molecule has 10 heteroatoms. The van der Waals surface area contributed by atoms with E-state index in [1.165, 1.54) is 12.1 Å². The van der Waals surface area contributed by atoms with Crippen LogP contribution in [0.4, 0.5) is 16.3 Å². The molecule has 0 unspecified atom stereocenters. The Labute approximate surface area is 192 Å². The first kappa shape index (κ1) is 24.3. The first-order valence-corrected chi connectivity index (χ1v) is 10.7. The van der Waals surface area contributed by atoms with Crippen molar-refractivity contribution >= 4 is 11.9 Å². The van der Waals surface area contributed by atoms with Gasteiger partial charge in [-0.1, -0.05) is 12.1 Å². The van der Waals surface area contributed by atoms with E-state index in [1.54, 1.807) is 19.2 Å². The monoisotopic (exact) mass is 456 g/mol. The predicted molar refractivity (Wildman–Crippen MR) is 125 cm³/mol. The second-order valence-electron chi connectivity index (χ2n) is 6.95. The number of nitrogens with two attached hydrogens (primary N) is 1. The topological polar surface area (TPSA) is 116 Å². The molecule has 0 spiro atoms. The Hall–Kier alpha value is -3.34. The number of ether oxygens (including phenoxy) is 3. The van der Waals surface area contributed by atoms with Crippen molar-refractivity contribution in [2.75, 3.05) is 57.3 Å². The van der Waals surface area contributed by atoms with E-state index < -0.39 is 0 Å². The molecule has 9 nitrogen and oxygen atoms in total. The van der Waals surface area contributed by atoms with Crippen molar-refractivity contribution < 1.29 is 18.6 Å². The SMILES string of the molecule is COc1ccc(CNc2nc(NCCOCCOCCN)nc(-c3ccc(F)cc3)n2)cc1. The molecule has 3 rings (SSSR count). The van der Waals surface area contributed by atoms with Gasteiger partial charge in [0.2, 0.25) is 11.9 Å². The Balaban J connectivity index is 1.63. The maximum absolute atomic E-state index is 13.3. The van der Waals surface area contributed by atoms with E-state index in [4.69, 9.17) is 19.9 Å². The fourth-order valence-electron chi connectivity index (χ4n) is 2.83. The summed E-state index contributed by atoms with van der Waals surface area (Å²) in [6.45, 7) is 3.46. The minimum absolute atomic E-state index is 0.323. The van der Waals surface area contributed by atoms with Crippen molar-refractivity contribution in [1.29, 1.82) is 0 Å². The lowest BCUT2D eigenvalue weighted by atomic mass is 10.2. The molecule has 0 atom stereocenters. The molecule has 0 saturated carbocycles. The summed E-state index contributed by atoms with van der Waals surface area (Å²) in [6.07, 6.45) is 0. The summed E-state index contributed by atoms with van der Waals surface area (Å²) in [5, 5.41) is 6.36. The number of hydrogen-bond donors (Lipinski definition) is 3. The maximum atomic E-state index is 13.3. The molecule has 0 radical (unpaired) electrons. The van der Waals surface area contributed by atoms with Gasteiger partial charge >= 0.3 is 0 Å². The highest BCUT2D eigenvalue weighted by Gasteiger charge is 2.09. The first-order valence-electron chi connectivity index (χ1n) is 10.7. The van der Waals surface area contributed by atoms with Gasteiger partial charge in [-0.15, -0.1) is 0 Å². The van der Waals surface area contributed by atoms with Gasteiger partial charge in [-0.3, -0.25) is 0 Å². The molecule has 2 aromatic carbocycles. The second kappa shape index (κ2) is 13.3. The summed E-state index contributed by atoms with van der Waals surface area (Å²) in [6, 6.07) is 13.7. The van der Waals surface area contributed by atoms with Crippen molar-refractivity contribution in [2.45, 2.75) is 6.54 Å². The average molecular weight is 457 g/mol. The molecular formula is C23H29FN6O3. The smallest absolute Gasteiger partial charge is 0.228 e. The van der Waals surface area contributed by atoms with Gasteiger partial charge in [-0.05, 0) is 42.0 Å². The van der Waals surface area contributed by atoms with Gasteiger partial charge in [0, 0.05) is 25.2 Å². The standard InChI is InChI=1S/C23H29FN6O3/c1-31-20-8-2-17(3-9-20)16-27-23-29-21(18-4-6-19(24)7-5-18)28-22(30-23)26-11-13-33-15-14-32-12-10-25/h2-9H,10-16,25H2,1H3,(H2,26,27,28,29,30). The van der Waals surface area contributed by atoms with Crippen molar-refractivity contribution in [3.8, 4) is 17.1 Å². The lowest BCUT2D eigenvalue weighted by Crippen LogP contribution is -2.16. The van der Waals surface area contributed by atoms with Crippen LogP contribution in [0, 0.1) is 5.82 Å². The Morgan fingerprint density at radius 1 is 0.818 bits per heavy atom. The normalized spacial score (nSPS) is 10.8. The van der Waals surface area contributed by atoms with Crippen LogP contribution in [-0.2, 0) is 16.0 Å². The summed E-state index contributed by atoms with van der Waals surface area (Å²) in [5.74, 6) is 1.69. The van der Waals surface area contributed by atoms with Gasteiger partial charge in [-0.2, -0.15) is 15.0 Å². The number of methoxy groups -OCH3 is 1. The minimum atomic E-state index is -0.323. The summed E-state index contributed by atoms with van der Waals surface area (Å²) in [7, 11) is 1.63. The minimum Gasteiger partial charge on any atom is -0.497 e. The number of benzene rings is 2. The Morgan fingerprint density at radius 2 is 1.48 bits per heavy atom. The molecule has 0 aliphatic heterocycles. The molecule has 1 heterocycles. The van der Waals surface area contributed by atoms with Crippen molar-refractivity contribution in [2.24, 2.45) is 5.73 Å². The van der Waals surface area contributed by atoms with Gasteiger partial charge in [0.05, 0.1) is 33.5 Å². The molecule has 0 saturated heterocycles. The van der Waals surface area contributed by atoms with Crippen LogP contribution < -0.4 is 21.1 Å². The van der Waals surface area contributed by atoms with E-state index in [0.717, 1.165) is 11.3 Å². The molecule has 0 fully saturated rings. The number of nitrogens with zero attached hydrogens (tertiary/aromatic N) is 3. The summed E-state index contributed by atoms with van der Waals surface area (Å²) < 4.78 is 29.3. The van der Waals surface area contributed by atoms with Crippen LogP contribution in [0.3, 0.4) is 0 Å². The highest BCUT2D eigenvalue weighted by atomic mass is 19.1. The summed E-state index contributed by atoms with van der Waals surface area (Å²) >= 11 is 0. The average Bonchev–Trinajstić information content (AvgIpc) is 2.85. The summed E-state index contributed by atoms with van der Waals surface area (Å²) in [5.41, 5.74) is 7.10. The Morgan fingerprint density at radius 3 is 2.15 bits per heavy atom. The molecule has 176 valence electrons. The molecule has 0 bridgehead atoms. The maximum Gasteiger partial charge on any atom is 0.228 e. The highest BCUT2D eigenvalue weighted by molar-refractivity contribution is 5.58. The van der Waals surface area contributed by atoms with E-state index in [2.05, 4.69) is 25.6 Å². The van der Waals surface area contributed by atoms with Gasteiger partial charge in [0.15, 0.2) is 5.82 Å². The van der Waals surface area contributed by atoms with E-state index in [1.807, 2.05) is 24.3 Å². The Kier molecular flexibility index (Phi) is 9.77. The first-order chi connectivity index (χ1) is 16.2.